The van der Waals surface area contributed by atoms with E-state index in [0.29, 0.717) is 52.6 Å². The highest BCUT2D eigenvalue weighted by molar-refractivity contribution is 7.99. The van der Waals surface area contributed by atoms with Gasteiger partial charge >= 0.3 is 11.9 Å². The molecular weight excluding hydrogens is 487 g/mol. The minimum atomic E-state index is -4.49. The van der Waals surface area contributed by atoms with Crippen molar-refractivity contribution >= 4 is 28.5 Å². The number of nitrogens with one attached hydrogen (secondary N) is 1. The van der Waals surface area contributed by atoms with Crippen LogP contribution in [0.1, 0.15) is 55.3 Å². The van der Waals surface area contributed by atoms with Gasteiger partial charge in [0.15, 0.2) is 0 Å². The number of halogens is 3. The van der Waals surface area contributed by atoms with Gasteiger partial charge in [0.2, 0.25) is 0 Å². The van der Waals surface area contributed by atoms with Crippen LogP contribution in [-0.2, 0) is 12.7 Å². The number of piperazine rings is 1. The van der Waals surface area contributed by atoms with Crippen molar-refractivity contribution in [1.29, 1.82) is 0 Å². The Morgan fingerprint density at radius 1 is 1.08 bits per heavy atom. The number of aromatic nitrogens is 3. The fourth-order valence-electron chi connectivity index (χ4n) is 5.73. The van der Waals surface area contributed by atoms with Crippen LogP contribution in [0.25, 0.3) is 10.9 Å². The standard InChI is InChI=1S/C26H28F3N5OS/c1-14-10-33(11-15(2)31-14)24-18-9-19(26(27,28)29)21(16-6-7-16)23-22(18)34(25(35)32-24)12-17(13-36-23)20-5-3-4-8-30-20/h3-5,8-9,14-17,31H,6-7,10-13H2,1-2H3/t14-,15+,17-/m0/s1. The average Bonchev–Trinajstić information content (AvgIpc) is 3.67. The Bertz CT molecular complexity index is 1360. The SMILES string of the molecule is C[C@@H]1CN(c2nc(=O)n3c4c(c(C5CC5)c(C(F)(F)F)cc24)SC[C@@H](c2ccccn2)C3)C[C@H](C)N1. The quantitative estimate of drug-likeness (QED) is 0.543. The van der Waals surface area contributed by atoms with Gasteiger partial charge in [-0.2, -0.15) is 18.2 Å². The molecule has 2 aliphatic heterocycles. The molecular formula is C26H28F3N5OS. The molecule has 1 saturated heterocycles. The molecule has 0 spiro atoms. The van der Waals surface area contributed by atoms with Gasteiger partial charge in [0.1, 0.15) is 5.82 Å². The third-order valence-electron chi connectivity index (χ3n) is 7.32. The number of anilines is 1. The summed E-state index contributed by atoms with van der Waals surface area (Å²) in [6, 6.07) is 7.16. The van der Waals surface area contributed by atoms with Crippen LogP contribution in [0.2, 0.25) is 0 Å². The predicted molar refractivity (Wildman–Crippen MR) is 135 cm³/mol. The molecule has 0 amide bonds. The molecule has 1 N–H and O–H groups in total. The first-order chi connectivity index (χ1) is 17.2. The van der Waals surface area contributed by atoms with Crippen LogP contribution >= 0.6 is 11.8 Å². The number of rotatable bonds is 3. The maximum absolute atomic E-state index is 14.5. The summed E-state index contributed by atoms with van der Waals surface area (Å²) < 4.78 is 45.1. The Morgan fingerprint density at radius 3 is 2.47 bits per heavy atom. The van der Waals surface area contributed by atoms with Gasteiger partial charge in [0.25, 0.3) is 0 Å². The summed E-state index contributed by atoms with van der Waals surface area (Å²) in [5, 5.41) is 3.86. The fourth-order valence-corrected chi connectivity index (χ4v) is 7.16. The van der Waals surface area contributed by atoms with Gasteiger partial charge < -0.3 is 10.2 Å². The highest BCUT2D eigenvalue weighted by Gasteiger charge is 2.42. The van der Waals surface area contributed by atoms with Crippen molar-refractivity contribution in [2.75, 3.05) is 23.7 Å². The Morgan fingerprint density at radius 2 is 1.83 bits per heavy atom. The first kappa shape index (κ1) is 23.8. The normalized spacial score (nSPS) is 24.7. The van der Waals surface area contributed by atoms with Crippen molar-refractivity contribution in [3.63, 3.8) is 0 Å². The number of alkyl halides is 3. The van der Waals surface area contributed by atoms with E-state index >= 15 is 0 Å². The average molecular weight is 516 g/mol. The molecule has 2 aromatic heterocycles. The molecule has 0 unspecified atom stereocenters. The lowest BCUT2D eigenvalue weighted by molar-refractivity contribution is -0.138. The Hall–Kier alpha value is -2.59. The molecule has 3 aromatic rings. The van der Waals surface area contributed by atoms with E-state index in [9.17, 15) is 18.0 Å². The van der Waals surface area contributed by atoms with Crippen molar-refractivity contribution in [1.82, 2.24) is 19.9 Å². The number of benzene rings is 1. The first-order valence-electron chi connectivity index (χ1n) is 12.4. The maximum atomic E-state index is 14.5. The lowest BCUT2D eigenvalue weighted by Crippen LogP contribution is -2.55. The van der Waals surface area contributed by atoms with Crippen molar-refractivity contribution in [2.45, 2.75) is 68.2 Å². The second-order valence-corrected chi connectivity index (χ2v) is 11.3. The summed E-state index contributed by atoms with van der Waals surface area (Å²) in [5.41, 5.74) is 0.787. The summed E-state index contributed by atoms with van der Waals surface area (Å²) in [4.78, 5) is 25.0. The van der Waals surface area contributed by atoms with Crippen LogP contribution in [0.15, 0.2) is 40.2 Å². The lowest BCUT2D eigenvalue weighted by atomic mass is 9.98. The van der Waals surface area contributed by atoms with Crippen LogP contribution in [0.3, 0.4) is 0 Å². The smallest absolute Gasteiger partial charge is 0.353 e. The van der Waals surface area contributed by atoms with Gasteiger partial charge in [0.05, 0.1) is 11.1 Å². The van der Waals surface area contributed by atoms with Gasteiger partial charge in [0, 0.05) is 65.6 Å². The van der Waals surface area contributed by atoms with E-state index in [1.54, 1.807) is 10.8 Å². The van der Waals surface area contributed by atoms with E-state index in [4.69, 9.17) is 0 Å². The second kappa shape index (κ2) is 8.76. The highest BCUT2D eigenvalue weighted by Crippen LogP contribution is 2.53. The molecule has 0 bridgehead atoms. The minimum Gasteiger partial charge on any atom is -0.353 e. The monoisotopic (exact) mass is 515 g/mol. The molecule has 4 heterocycles. The topological polar surface area (TPSA) is 63.1 Å². The second-order valence-electron chi connectivity index (χ2n) is 10.3. The molecule has 190 valence electrons. The third-order valence-corrected chi connectivity index (χ3v) is 8.59. The van der Waals surface area contributed by atoms with Gasteiger partial charge in [-0.15, -0.1) is 11.8 Å². The molecule has 6 nitrogen and oxygen atoms in total. The van der Waals surface area contributed by atoms with Gasteiger partial charge in [-0.05, 0) is 56.4 Å². The van der Waals surface area contributed by atoms with E-state index in [-0.39, 0.29) is 23.9 Å². The largest absolute Gasteiger partial charge is 0.416 e. The maximum Gasteiger partial charge on any atom is 0.416 e. The molecule has 36 heavy (non-hydrogen) atoms. The number of hydrogen-bond donors (Lipinski definition) is 1. The summed E-state index contributed by atoms with van der Waals surface area (Å²) in [5.74, 6) is 0.667. The molecule has 3 aliphatic rings. The fraction of sp³-hybridized carbons (Fsp3) is 0.500. The summed E-state index contributed by atoms with van der Waals surface area (Å²) in [7, 11) is 0. The summed E-state index contributed by atoms with van der Waals surface area (Å²) in [6.07, 6.45) is -1.30. The Balaban J connectivity index is 1.62. The number of pyridine rings is 1. The molecule has 3 atom stereocenters. The third kappa shape index (κ3) is 4.18. The Kier molecular flexibility index (Phi) is 5.79. The number of thioether (sulfide) groups is 1. The molecule has 1 aliphatic carbocycles. The van der Waals surface area contributed by atoms with Crippen molar-refractivity contribution in [2.24, 2.45) is 0 Å². The van der Waals surface area contributed by atoms with Crippen molar-refractivity contribution in [3.8, 4) is 0 Å². The summed E-state index contributed by atoms with van der Waals surface area (Å²) >= 11 is 1.44. The van der Waals surface area contributed by atoms with E-state index in [1.807, 2.05) is 36.9 Å². The number of hydrogen-bond acceptors (Lipinski definition) is 6. The molecule has 2 fully saturated rings. The zero-order valence-electron chi connectivity index (χ0n) is 20.2. The van der Waals surface area contributed by atoms with Crippen LogP contribution in [0.5, 0.6) is 0 Å². The van der Waals surface area contributed by atoms with Crippen LogP contribution in [0.4, 0.5) is 19.0 Å². The molecule has 0 radical (unpaired) electrons. The van der Waals surface area contributed by atoms with Gasteiger partial charge in [-0.1, -0.05) is 6.07 Å². The van der Waals surface area contributed by atoms with Gasteiger partial charge in [-0.3, -0.25) is 9.55 Å². The molecule has 1 saturated carbocycles. The van der Waals surface area contributed by atoms with E-state index in [0.717, 1.165) is 18.5 Å². The van der Waals surface area contributed by atoms with E-state index in [2.05, 4.69) is 15.3 Å². The van der Waals surface area contributed by atoms with E-state index in [1.165, 1.54) is 17.8 Å². The first-order valence-corrected chi connectivity index (χ1v) is 13.4. The zero-order valence-corrected chi connectivity index (χ0v) is 21.0. The highest BCUT2D eigenvalue weighted by atomic mass is 32.2. The van der Waals surface area contributed by atoms with Crippen LogP contribution in [-0.4, -0.2) is 45.5 Å². The van der Waals surface area contributed by atoms with Crippen LogP contribution < -0.4 is 15.9 Å². The molecule has 6 rings (SSSR count). The lowest BCUT2D eigenvalue weighted by Gasteiger charge is -2.37. The predicted octanol–water partition coefficient (Wildman–Crippen LogP) is 4.76. The minimum absolute atomic E-state index is 0.113. The Labute approximate surface area is 211 Å². The zero-order chi connectivity index (χ0) is 25.2. The van der Waals surface area contributed by atoms with Crippen molar-refractivity contribution < 1.29 is 13.2 Å². The molecule has 10 heteroatoms. The summed E-state index contributed by atoms with van der Waals surface area (Å²) in [6.45, 7) is 5.54. The van der Waals surface area contributed by atoms with Crippen molar-refractivity contribution in [3.05, 3.63) is 57.8 Å². The van der Waals surface area contributed by atoms with Crippen LogP contribution in [0, 0.1) is 0 Å². The van der Waals surface area contributed by atoms with Gasteiger partial charge in [-0.25, -0.2) is 4.79 Å². The molecule has 1 aromatic carbocycles. The number of nitrogens with zero attached hydrogens (tertiary/aromatic N) is 4. The van der Waals surface area contributed by atoms with E-state index < -0.39 is 17.4 Å².